The van der Waals surface area contributed by atoms with Gasteiger partial charge in [-0.3, -0.25) is 0 Å². The lowest BCUT2D eigenvalue weighted by atomic mass is 9.78. The summed E-state index contributed by atoms with van der Waals surface area (Å²) in [5, 5.41) is 9.49. The third-order valence-corrected chi connectivity index (χ3v) is 4.06. The maximum absolute atomic E-state index is 12.8. The summed E-state index contributed by atoms with van der Waals surface area (Å²) in [6.45, 7) is -0.453. The standard InChI is InChI=1S/C14H14F6O/c15-13(16,17)10-5-9(6-11(7-10)14(18,19)20)12(8-21)3-1-2-4-12/h5-7,21H,1-4,8H2. The van der Waals surface area contributed by atoms with Gasteiger partial charge in [0.05, 0.1) is 17.7 Å². The van der Waals surface area contributed by atoms with Gasteiger partial charge in [0, 0.05) is 5.41 Å². The van der Waals surface area contributed by atoms with E-state index >= 15 is 0 Å². The summed E-state index contributed by atoms with van der Waals surface area (Å²) in [7, 11) is 0. The second-order valence-corrected chi connectivity index (χ2v) is 5.44. The lowest BCUT2D eigenvalue weighted by molar-refractivity contribution is -0.143. The molecule has 0 saturated heterocycles. The fraction of sp³-hybridized carbons (Fsp3) is 0.571. The normalized spacial score (nSPS) is 19.0. The molecule has 0 amide bonds. The highest BCUT2D eigenvalue weighted by Crippen LogP contribution is 2.44. The van der Waals surface area contributed by atoms with Crippen LogP contribution in [0.15, 0.2) is 18.2 Å². The molecule has 2 rings (SSSR count). The highest BCUT2D eigenvalue weighted by molar-refractivity contribution is 5.38. The first-order valence-corrected chi connectivity index (χ1v) is 6.49. The molecule has 1 nitrogen and oxygen atoms in total. The average Bonchev–Trinajstić information content (AvgIpc) is 2.86. The minimum atomic E-state index is -4.86. The Kier molecular flexibility index (Phi) is 3.99. The van der Waals surface area contributed by atoms with Gasteiger partial charge in [-0.2, -0.15) is 26.3 Å². The molecule has 118 valence electrons. The Labute approximate surface area is 117 Å². The van der Waals surface area contributed by atoms with Gasteiger partial charge in [-0.15, -0.1) is 0 Å². The number of aliphatic hydroxyl groups is 1. The molecule has 21 heavy (non-hydrogen) atoms. The number of rotatable bonds is 2. The Balaban J connectivity index is 2.60. The molecule has 1 saturated carbocycles. The van der Waals surface area contributed by atoms with E-state index in [0.717, 1.165) is 12.1 Å². The second-order valence-electron chi connectivity index (χ2n) is 5.44. The monoisotopic (exact) mass is 312 g/mol. The van der Waals surface area contributed by atoms with E-state index < -0.39 is 35.5 Å². The van der Waals surface area contributed by atoms with Crippen LogP contribution in [0, 0.1) is 0 Å². The lowest BCUT2D eigenvalue weighted by Gasteiger charge is -2.28. The summed E-state index contributed by atoms with van der Waals surface area (Å²) >= 11 is 0. The third kappa shape index (κ3) is 3.17. The van der Waals surface area contributed by atoms with Crippen molar-refractivity contribution in [3.05, 3.63) is 34.9 Å². The van der Waals surface area contributed by atoms with Crippen molar-refractivity contribution in [1.82, 2.24) is 0 Å². The van der Waals surface area contributed by atoms with Crippen LogP contribution in [-0.2, 0) is 17.8 Å². The molecule has 0 aliphatic heterocycles. The van der Waals surface area contributed by atoms with E-state index in [2.05, 4.69) is 0 Å². The van der Waals surface area contributed by atoms with Crippen molar-refractivity contribution in [3.63, 3.8) is 0 Å². The van der Waals surface area contributed by atoms with Gasteiger partial charge in [-0.05, 0) is 36.6 Å². The molecule has 0 heterocycles. The summed E-state index contributed by atoms with van der Waals surface area (Å²) in [4.78, 5) is 0. The van der Waals surface area contributed by atoms with Crippen LogP contribution in [0.5, 0.6) is 0 Å². The number of alkyl halides is 6. The Hall–Kier alpha value is -1.24. The maximum Gasteiger partial charge on any atom is 0.416 e. The van der Waals surface area contributed by atoms with Gasteiger partial charge in [0.1, 0.15) is 0 Å². The quantitative estimate of drug-likeness (QED) is 0.796. The summed E-state index contributed by atoms with van der Waals surface area (Å²) in [5.41, 5.74) is -3.73. The summed E-state index contributed by atoms with van der Waals surface area (Å²) in [6, 6.07) is 1.58. The highest BCUT2D eigenvalue weighted by atomic mass is 19.4. The summed E-state index contributed by atoms with van der Waals surface area (Å²) < 4.78 is 76.9. The van der Waals surface area contributed by atoms with Gasteiger partial charge >= 0.3 is 12.4 Å². The second kappa shape index (κ2) is 5.19. The first kappa shape index (κ1) is 16.1. The van der Waals surface area contributed by atoms with E-state index in [4.69, 9.17) is 0 Å². The van der Waals surface area contributed by atoms with Crippen molar-refractivity contribution in [2.24, 2.45) is 0 Å². The van der Waals surface area contributed by atoms with Crippen molar-refractivity contribution in [2.45, 2.75) is 43.5 Å². The van der Waals surface area contributed by atoms with E-state index in [1.807, 2.05) is 0 Å². The molecule has 1 N–H and O–H groups in total. The van der Waals surface area contributed by atoms with Gasteiger partial charge in [-0.1, -0.05) is 12.8 Å². The zero-order valence-corrected chi connectivity index (χ0v) is 11.0. The van der Waals surface area contributed by atoms with Crippen LogP contribution in [-0.4, -0.2) is 11.7 Å². The zero-order chi connectivity index (χ0) is 15.9. The van der Waals surface area contributed by atoms with Crippen molar-refractivity contribution in [1.29, 1.82) is 0 Å². The van der Waals surface area contributed by atoms with Crippen molar-refractivity contribution in [3.8, 4) is 0 Å². The largest absolute Gasteiger partial charge is 0.416 e. The molecule has 0 atom stereocenters. The van der Waals surface area contributed by atoms with Crippen LogP contribution in [0.25, 0.3) is 0 Å². The van der Waals surface area contributed by atoms with E-state index in [1.54, 1.807) is 0 Å². The molecule has 0 spiro atoms. The minimum Gasteiger partial charge on any atom is -0.395 e. The number of hydrogen-bond donors (Lipinski definition) is 1. The van der Waals surface area contributed by atoms with E-state index in [-0.39, 0.29) is 11.6 Å². The van der Waals surface area contributed by atoms with Crippen LogP contribution in [0.3, 0.4) is 0 Å². The predicted octanol–water partition coefficient (Wildman–Crippen LogP) is 4.53. The lowest BCUT2D eigenvalue weighted by Crippen LogP contribution is -2.28. The van der Waals surface area contributed by atoms with Gasteiger partial charge in [0.15, 0.2) is 0 Å². The van der Waals surface area contributed by atoms with E-state index in [1.165, 1.54) is 0 Å². The average molecular weight is 312 g/mol. The smallest absolute Gasteiger partial charge is 0.395 e. The fourth-order valence-corrected chi connectivity index (χ4v) is 2.85. The molecule has 1 aromatic rings. The van der Waals surface area contributed by atoms with Crippen LogP contribution in [0.4, 0.5) is 26.3 Å². The molecule has 7 heteroatoms. The van der Waals surface area contributed by atoms with Gasteiger partial charge in [-0.25, -0.2) is 0 Å². The third-order valence-electron chi connectivity index (χ3n) is 4.06. The molecule has 1 aromatic carbocycles. The first-order chi connectivity index (χ1) is 9.58. The van der Waals surface area contributed by atoms with E-state index in [0.29, 0.717) is 25.7 Å². The molecule has 1 aliphatic carbocycles. The van der Waals surface area contributed by atoms with Crippen LogP contribution < -0.4 is 0 Å². The molecule has 1 aliphatic rings. The Morgan fingerprint density at radius 3 is 1.62 bits per heavy atom. The predicted molar refractivity (Wildman–Crippen MR) is 63.7 cm³/mol. The van der Waals surface area contributed by atoms with E-state index in [9.17, 15) is 31.4 Å². The summed E-state index contributed by atoms with van der Waals surface area (Å²) in [5.74, 6) is 0. The molecular weight excluding hydrogens is 298 g/mol. The Morgan fingerprint density at radius 2 is 1.29 bits per heavy atom. The minimum absolute atomic E-state index is 0.0790. The van der Waals surface area contributed by atoms with Gasteiger partial charge in [0.25, 0.3) is 0 Å². The van der Waals surface area contributed by atoms with Crippen LogP contribution in [0.2, 0.25) is 0 Å². The molecule has 0 bridgehead atoms. The van der Waals surface area contributed by atoms with Gasteiger partial charge in [0.2, 0.25) is 0 Å². The van der Waals surface area contributed by atoms with Crippen LogP contribution >= 0.6 is 0 Å². The zero-order valence-electron chi connectivity index (χ0n) is 11.0. The number of aliphatic hydroxyl groups excluding tert-OH is 1. The highest BCUT2D eigenvalue weighted by Gasteiger charge is 2.41. The van der Waals surface area contributed by atoms with Gasteiger partial charge < -0.3 is 5.11 Å². The van der Waals surface area contributed by atoms with Crippen molar-refractivity contribution in [2.75, 3.05) is 6.61 Å². The molecular formula is C14H14F6O. The van der Waals surface area contributed by atoms with Crippen molar-refractivity contribution >= 4 is 0 Å². The number of halogens is 6. The fourth-order valence-electron chi connectivity index (χ4n) is 2.85. The molecule has 0 unspecified atom stereocenters. The maximum atomic E-state index is 12.8. The molecule has 0 aromatic heterocycles. The topological polar surface area (TPSA) is 20.2 Å². The van der Waals surface area contributed by atoms with Crippen LogP contribution in [0.1, 0.15) is 42.4 Å². The number of benzene rings is 1. The SMILES string of the molecule is OCC1(c2cc(C(F)(F)F)cc(C(F)(F)F)c2)CCCC1. The van der Waals surface area contributed by atoms with Crippen molar-refractivity contribution < 1.29 is 31.4 Å². The first-order valence-electron chi connectivity index (χ1n) is 6.49. The number of hydrogen-bond acceptors (Lipinski definition) is 1. The Morgan fingerprint density at radius 1 is 0.857 bits per heavy atom. The molecule has 0 radical (unpaired) electrons. The molecule has 1 fully saturated rings. The Bertz CT molecular complexity index is 479. The summed E-state index contributed by atoms with van der Waals surface area (Å²) in [6.07, 6.45) is -7.57.